The predicted octanol–water partition coefficient (Wildman–Crippen LogP) is 8.89. The van der Waals surface area contributed by atoms with E-state index in [-0.39, 0.29) is 5.91 Å². The third kappa shape index (κ3) is 7.65. The molecule has 5 rings (SSSR count). The molecule has 2 heterocycles. The molecule has 4 aromatic rings. The summed E-state index contributed by atoms with van der Waals surface area (Å²) >= 11 is 11.6. The SMILES string of the molecule is CCCCOc1c(Br)cc(C2C(C(=O)Nc3ccccc3OCC)=C(C)Nc3nc(SCc4ccccc4Cl)nn32)cc1OCC. The van der Waals surface area contributed by atoms with Gasteiger partial charge in [-0.3, -0.25) is 4.79 Å². The molecule has 0 saturated heterocycles. The maximum atomic E-state index is 14.2. The van der Waals surface area contributed by atoms with E-state index >= 15 is 0 Å². The van der Waals surface area contributed by atoms with Crippen LogP contribution in [0.25, 0.3) is 0 Å². The molecule has 46 heavy (non-hydrogen) atoms. The minimum atomic E-state index is -0.641. The average Bonchev–Trinajstić information content (AvgIpc) is 3.44. The third-order valence-corrected chi connectivity index (χ3v) is 9.06. The van der Waals surface area contributed by atoms with Gasteiger partial charge >= 0.3 is 0 Å². The van der Waals surface area contributed by atoms with Gasteiger partial charge in [0.15, 0.2) is 11.5 Å². The second-order valence-electron chi connectivity index (χ2n) is 10.5. The van der Waals surface area contributed by atoms with Crippen LogP contribution < -0.4 is 24.8 Å². The molecule has 0 radical (unpaired) electrons. The number of para-hydroxylation sites is 2. The van der Waals surface area contributed by atoms with E-state index in [9.17, 15) is 4.79 Å². The molecule has 1 unspecified atom stereocenters. The summed E-state index contributed by atoms with van der Waals surface area (Å²) in [7, 11) is 0. The minimum absolute atomic E-state index is 0.300. The maximum Gasteiger partial charge on any atom is 0.255 e. The molecule has 0 aliphatic carbocycles. The zero-order chi connectivity index (χ0) is 32.6. The monoisotopic (exact) mass is 725 g/mol. The van der Waals surface area contributed by atoms with Crippen LogP contribution in [-0.4, -0.2) is 40.5 Å². The number of halogens is 2. The molecule has 0 spiro atoms. The van der Waals surface area contributed by atoms with Gasteiger partial charge in [-0.1, -0.05) is 67.0 Å². The van der Waals surface area contributed by atoms with E-state index in [1.54, 1.807) is 4.68 Å². The number of unbranched alkanes of at least 4 members (excludes halogenated alkanes) is 1. The van der Waals surface area contributed by atoms with Gasteiger partial charge < -0.3 is 24.8 Å². The average molecular weight is 727 g/mol. The molecule has 1 aromatic heterocycles. The van der Waals surface area contributed by atoms with Crippen molar-refractivity contribution in [1.29, 1.82) is 0 Å². The number of carbonyl (C=O) groups is 1. The molecule has 1 amide bonds. The second kappa shape index (κ2) is 15.8. The van der Waals surface area contributed by atoms with Crippen LogP contribution in [0.15, 0.2) is 81.6 Å². The number of benzene rings is 3. The lowest BCUT2D eigenvalue weighted by Gasteiger charge is -2.29. The largest absolute Gasteiger partial charge is 0.492 e. The van der Waals surface area contributed by atoms with Gasteiger partial charge in [-0.05, 0) is 84.6 Å². The molecule has 0 bridgehead atoms. The molecule has 2 N–H and O–H groups in total. The van der Waals surface area contributed by atoms with Crippen molar-refractivity contribution in [3.8, 4) is 17.2 Å². The Morgan fingerprint density at radius 2 is 1.78 bits per heavy atom. The number of carbonyl (C=O) groups excluding carboxylic acids is 1. The summed E-state index contributed by atoms with van der Waals surface area (Å²) in [5.74, 6) is 2.60. The number of allylic oxidation sites excluding steroid dienone is 1. The fourth-order valence-electron chi connectivity index (χ4n) is 5.06. The van der Waals surface area contributed by atoms with Crippen LogP contribution in [0.5, 0.6) is 17.2 Å². The van der Waals surface area contributed by atoms with Crippen LogP contribution >= 0.6 is 39.3 Å². The van der Waals surface area contributed by atoms with Gasteiger partial charge in [-0.15, -0.1) is 5.10 Å². The molecular weight excluding hydrogens is 690 g/mol. The smallest absolute Gasteiger partial charge is 0.255 e. The highest BCUT2D eigenvalue weighted by Gasteiger charge is 2.36. The summed E-state index contributed by atoms with van der Waals surface area (Å²) in [6.45, 7) is 9.30. The van der Waals surface area contributed by atoms with Gasteiger partial charge in [-0.2, -0.15) is 4.98 Å². The second-order valence-corrected chi connectivity index (χ2v) is 12.7. The van der Waals surface area contributed by atoms with Crippen LogP contribution in [0.2, 0.25) is 5.02 Å². The maximum absolute atomic E-state index is 14.2. The summed E-state index contributed by atoms with van der Waals surface area (Å²) in [4.78, 5) is 19.0. The van der Waals surface area contributed by atoms with Gasteiger partial charge in [-0.25, -0.2) is 4.68 Å². The predicted molar refractivity (Wildman–Crippen MR) is 187 cm³/mol. The van der Waals surface area contributed by atoms with Crippen molar-refractivity contribution < 1.29 is 19.0 Å². The molecule has 9 nitrogen and oxygen atoms in total. The molecule has 1 atom stereocenters. The number of hydrogen-bond donors (Lipinski definition) is 2. The van der Waals surface area contributed by atoms with Gasteiger partial charge in [0.25, 0.3) is 5.91 Å². The summed E-state index contributed by atoms with van der Waals surface area (Å²) < 4.78 is 20.5. The highest BCUT2D eigenvalue weighted by Crippen LogP contribution is 2.44. The van der Waals surface area contributed by atoms with Crippen molar-refractivity contribution in [1.82, 2.24) is 14.8 Å². The lowest BCUT2D eigenvalue weighted by Crippen LogP contribution is -2.31. The lowest BCUT2D eigenvalue weighted by atomic mass is 9.94. The number of nitrogens with zero attached hydrogens (tertiary/aromatic N) is 3. The van der Waals surface area contributed by atoms with Gasteiger partial charge in [0.05, 0.1) is 35.6 Å². The van der Waals surface area contributed by atoms with E-state index in [0.717, 1.165) is 28.4 Å². The van der Waals surface area contributed by atoms with E-state index in [0.29, 0.717) is 75.9 Å². The Kier molecular flexibility index (Phi) is 11.5. The number of rotatable bonds is 14. The number of thioether (sulfide) groups is 1. The van der Waals surface area contributed by atoms with Crippen LogP contribution in [0.1, 0.15) is 57.7 Å². The number of hydrogen-bond acceptors (Lipinski definition) is 8. The number of aromatic nitrogens is 3. The van der Waals surface area contributed by atoms with E-state index in [4.69, 9.17) is 35.9 Å². The van der Waals surface area contributed by atoms with Crippen LogP contribution in [0, 0.1) is 0 Å². The molecule has 3 aromatic carbocycles. The Hall–Kier alpha value is -3.67. The van der Waals surface area contributed by atoms with Gasteiger partial charge in [0, 0.05) is 16.5 Å². The first-order valence-corrected chi connectivity index (χ1v) is 17.4. The zero-order valence-electron chi connectivity index (χ0n) is 26.2. The number of anilines is 2. The van der Waals surface area contributed by atoms with Crippen molar-refractivity contribution in [3.05, 3.63) is 92.6 Å². The minimum Gasteiger partial charge on any atom is -0.492 e. The standard InChI is InChI=1S/C34H37BrClN5O4S/c1-5-8-17-45-31-24(35)18-23(19-28(31)44-7-3)30-29(32(42)38-26-15-11-12-16-27(26)43-6-2)21(4)37-33-39-34(40-41(30)33)46-20-22-13-9-10-14-25(22)36/h9-16,18-19,30H,5-8,17,20H2,1-4H3,(H,38,42)(H,37,39,40). The van der Waals surface area contributed by atoms with Crippen molar-refractivity contribution in [2.24, 2.45) is 0 Å². The Balaban J connectivity index is 1.57. The Morgan fingerprint density at radius 1 is 1.04 bits per heavy atom. The summed E-state index contributed by atoms with van der Waals surface area (Å²) in [5.41, 5.74) is 3.45. The normalized spacial score (nSPS) is 14.0. The molecule has 0 saturated carbocycles. The number of fused-ring (bicyclic) bond motifs is 1. The Labute approximate surface area is 287 Å². The highest BCUT2D eigenvalue weighted by molar-refractivity contribution is 9.10. The molecule has 12 heteroatoms. The lowest BCUT2D eigenvalue weighted by molar-refractivity contribution is -0.113. The molecule has 0 fully saturated rings. The Morgan fingerprint density at radius 3 is 2.54 bits per heavy atom. The van der Waals surface area contributed by atoms with Gasteiger partial charge in [0.2, 0.25) is 11.1 Å². The Bertz CT molecular complexity index is 1730. The van der Waals surface area contributed by atoms with Crippen molar-refractivity contribution >= 4 is 56.8 Å². The fourth-order valence-corrected chi connectivity index (χ4v) is 6.75. The van der Waals surface area contributed by atoms with Crippen molar-refractivity contribution in [2.45, 2.75) is 57.5 Å². The van der Waals surface area contributed by atoms with Gasteiger partial charge in [0.1, 0.15) is 11.8 Å². The van der Waals surface area contributed by atoms with E-state index in [1.165, 1.54) is 11.8 Å². The van der Waals surface area contributed by atoms with E-state index < -0.39 is 6.04 Å². The molecular formula is C34H37BrClN5O4S. The quantitative estimate of drug-likeness (QED) is 0.0983. The fraction of sp³-hybridized carbons (Fsp3) is 0.324. The van der Waals surface area contributed by atoms with E-state index in [2.05, 4.69) is 33.5 Å². The summed E-state index contributed by atoms with van der Waals surface area (Å²) in [5, 5.41) is 12.5. The summed E-state index contributed by atoms with van der Waals surface area (Å²) in [6.07, 6.45) is 1.93. The molecule has 242 valence electrons. The first-order valence-electron chi connectivity index (χ1n) is 15.3. The third-order valence-electron chi connectivity index (χ3n) is 7.22. The van der Waals surface area contributed by atoms with Crippen molar-refractivity contribution in [2.75, 3.05) is 30.5 Å². The van der Waals surface area contributed by atoms with Crippen LogP contribution in [0.4, 0.5) is 11.6 Å². The molecule has 1 aliphatic heterocycles. The highest BCUT2D eigenvalue weighted by atomic mass is 79.9. The first-order chi connectivity index (χ1) is 22.3. The summed E-state index contributed by atoms with van der Waals surface area (Å²) in [6, 6.07) is 18.3. The van der Waals surface area contributed by atoms with Crippen molar-refractivity contribution in [3.63, 3.8) is 0 Å². The first kappa shape index (κ1) is 33.7. The number of nitrogens with one attached hydrogen (secondary N) is 2. The number of amides is 1. The number of ether oxygens (including phenoxy) is 3. The molecule has 1 aliphatic rings. The van der Waals surface area contributed by atoms with E-state index in [1.807, 2.05) is 81.4 Å². The zero-order valence-corrected chi connectivity index (χ0v) is 29.4. The van der Waals surface area contributed by atoms with Crippen LogP contribution in [0.3, 0.4) is 0 Å². The topological polar surface area (TPSA) is 99.5 Å². The van der Waals surface area contributed by atoms with Crippen LogP contribution in [-0.2, 0) is 10.5 Å².